The fourth-order valence-electron chi connectivity index (χ4n) is 3.51. The molecule has 0 aromatic rings. The maximum absolute atomic E-state index is 11.6. The summed E-state index contributed by atoms with van der Waals surface area (Å²) in [5.74, 6) is 0.750. The van der Waals surface area contributed by atoms with Gasteiger partial charge in [-0.15, -0.1) is 0 Å². The van der Waals surface area contributed by atoms with Gasteiger partial charge in [-0.3, -0.25) is 9.79 Å². The van der Waals surface area contributed by atoms with Crippen LogP contribution in [0.3, 0.4) is 0 Å². The van der Waals surface area contributed by atoms with Gasteiger partial charge in [-0.25, -0.2) is 0 Å². The number of methoxy groups -OCH3 is 1. The second-order valence-corrected chi connectivity index (χ2v) is 6.74. The zero-order valence-corrected chi connectivity index (χ0v) is 14.5. The molecule has 0 radical (unpaired) electrons. The van der Waals surface area contributed by atoms with Gasteiger partial charge in [0.15, 0.2) is 5.96 Å². The second kappa shape index (κ2) is 8.52. The predicted octanol–water partition coefficient (Wildman–Crippen LogP) is 1.53. The van der Waals surface area contributed by atoms with E-state index in [9.17, 15) is 9.90 Å². The zero-order chi connectivity index (χ0) is 16.7. The number of likely N-dealkylation sites (tertiary alicyclic amines) is 1. The predicted molar refractivity (Wildman–Crippen MR) is 90.3 cm³/mol. The Hall–Kier alpha value is -1.30. The summed E-state index contributed by atoms with van der Waals surface area (Å²) in [6.45, 7) is 4.90. The summed E-state index contributed by atoms with van der Waals surface area (Å²) in [7, 11) is 1.45. The minimum Gasteiger partial charge on any atom is -0.469 e. The molecule has 2 rings (SSSR count). The van der Waals surface area contributed by atoms with E-state index in [1.807, 2.05) is 6.92 Å². The summed E-state index contributed by atoms with van der Waals surface area (Å²) >= 11 is 0. The third-order valence-corrected chi connectivity index (χ3v) is 4.97. The Balaban J connectivity index is 1.93. The van der Waals surface area contributed by atoms with Crippen LogP contribution in [0.25, 0.3) is 0 Å². The Labute approximate surface area is 139 Å². The topological polar surface area (TPSA) is 74.2 Å². The molecule has 23 heavy (non-hydrogen) atoms. The number of hydrogen-bond acceptors (Lipinski definition) is 4. The lowest BCUT2D eigenvalue weighted by atomic mass is 9.85. The van der Waals surface area contributed by atoms with Crippen molar-refractivity contribution in [2.75, 3.05) is 33.3 Å². The highest BCUT2D eigenvalue weighted by Crippen LogP contribution is 2.28. The molecule has 2 fully saturated rings. The van der Waals surface area contributed by atoms with Gasteiger partial charge in [0, 0.05) is 19.6 Å². The molecule has 1 aliphatic carbocycles. The largest absolute Gasteiger partial charge is 0.469 e. The number of rotatable bonds is 4. The van der Waals surface area contributed by atoms with Gasteiger partial charge in [0.05, 0.1) is 25.2 Å². The summed E-state index contributed by atoms with van der Waals surface area (Å²) in [6.07, 6.45) is 6.68. The lowest BCUT2D eigenvalue weighted by Gasteiger charge is -2.35. The first-order valence-corrected chi connectivity index (χ1v) is 8.91. The van der Waals surface area contributed by atoms with Crippen LogP contribution in [0.4, 0.5) is 0 Å². The van der Waals surface area contributed by atoms with Crippen molar-refractivity contribution in [2.24, 2.45) is 10.9 Å². The molecule has 6 nitrogen and oxygen atoms in total. The summed E-state index contributed by atoms with van der Waals surface area (Å²) in [5, 5.41) is 13.9. The van der Waals surface area contributed by atoms with Gasteiger partial charge < -0.3 is 20.1 Å². The molecular weight excluding hydrogens is 294 g/mol. The normalized spacial score (nSPS) is 22.7. The lowest BCUT2D eigenvalue weighted by molar-refractivity contribution is -0.146. The van der Waals surface area contributed by atoms with Crippen LogP contribution < -0.4 is 5.32 Å². The van der Waals surface area contributed by atoms with Crippen LogP contribution in [0.1, 0.15) is 51.9 Å². The number of aliphatic hydroxyl groups is 1. The molecule has 0 atom stereocenters. The van der Waals surface area contributed by atoms with Crippen molar-refractivity contribution in [1.82, 2.24) is 10.2 Å². The molecule has 1 saturated carbocycles. The fourth-order valence-corrected chi connectivity index (χ4v) is 3.51. The Morgan fingerprint density at radius 2 is 1.96 bits per heavy atom. The van der Waals surface area contributed by atoms with E-state index in [1.165, 1.54) is 13.5 Å². The molecule has 132 valence electrons. The van der Waals surface area contributed by atoms with E-state index in [0.29, 0.717) is 6.54 Å². The van der Waals surface area contributed by atoms with Crippen molar-refractivity contribution < 1.29 is 14.6 Å². The molecule has 0 unspecified atom stereocenters. The number of nitrogens with one attached hydrogen (secondary N) is 1. The van der Waals surface area contributed by atoms with Gasteiger partial charge >= 0.3 is 5.97 Å². The smallest absolute Gasteiger partial charge is 0.308 e. The third kappa shape index (κ3) is 5.09. The molecular formula is C17H31N3O3. The number of esters is 1. The zero-order valence-electron chi connectivity index (χ0n) is 14.5. The first-order chi connectivity index (χ1) is 11.1. The summed E-state index contributed by atoms with van der Waals surface area (Å²) in [4.78, 5) is 18.5. The van der Waals surface area contributed by atoms with E-state index in [2.05, 4.69) is 15.2 Å². The maximum atomic E-state index is 11.6. The molecule has 0 spiro atoms. The number of carbonyl (C=O) groups excluding carboxylic acids is 1. The number of ether oxygens (including phenoxy) is 1. The van der Waals surface area contributed by atoms with Crippen molar-refractivity contribution in [3.05, 3.63) is 0 Å². The Morgan fingerprint density at radius 3 is 2.52 bits per heavy atom. The number of piperidine rings is 1. The molecule has 0 amide bonds. The summed E-state index contributed by atoms with van der Waals surface area (Å²) in [5.41, 5.74) is -0.636. The Bertz CT molecular complexity index is 411. The van der Waals surface area contributed by atoms with Gasteiger partial charge in [-0.2, -0.15) is 0 Å². The van der Waals surface area contributed by atoms with Crippen molar-refractivity contribution in [3.63, 3.8) is 0 Å². The van der Waals surface area contributed by atoms with Crippen LogP contribution in [0.2, 0.25) is 0 Å². The minimum absolute atomic E-state index is 0.00153. The Kier molecular flexibility index (Phi) is 6.69. The molecule has 0 aromatic heterocycles. The van der Waals surface area contributed by atoms with Crippen molar-refractivity contribution in [1.29, 1.82) is 0 Å². The van der Waals surface area contributed by atoms with Crippen molar-refractivity contribution >= 4 is 11.9 Å². The van der Waals surface area contributed by atoms with Gasteiger partial charge in [-0.05, 0) is 32.6 Å². The van der Waals surface area contributed by atoms with Crippen LogP contribution in [-0.2, 0) is 9.53 Å². The SMILES string of the molecule is CCNC(=NCC1(O)CCCCC1)N1CCC(C(=O)OC)CC1. The van der Waals surface area contributed by atoms with Gasteiger partial charge in [0.1, 0.15) is 0 Å². The van der Waals surface area contributed by atoms with Crippen LogP contribution in [0.5, 0.6) is 0 Å². The van der Waals surface area contributed by atoms with Crippen molar-refractivity contribution in [3.8, 4) is 0 Å². The quantitative estimate of drug-likeness (QED) is 0.466. The summed E-state index contributed by atoms with van der Waals surface area (Å²) in [6, 6.07) is 0. The van der Waals surface area contributed by atoms with Crippen LogP contribution in [-0.4, -0.2) is 60.8 Å². The van der Waals surface area contributed by atoms with E-state index in [0.717, 1.165) is 64.1 Å². The maximum Gasteiger partial charge on any atom is 0.308 e. The van der Waals surface area contributed by atoms with Gasteiger partial charge in [0.2, 0.25) is 0 Å². The van der Waals surface area contributed by atoms with E-state index in [-0.39, 0.29) is 11.9 Å². The number of carbonyl (C=O) groups is 1. The van der Waals surface area contributed by atoms with Crippen LogP contribution >= 0.6 is 0 Å². The molecule has 1 aliphatic heterocycles. The first kappa shape index (κ1) is 18.0. The monoisotopic (exact) mass is 325 g/mol. The van der Waals surface area contributed by atoms with E-state index < -0.39 is 5.60 Å². The van der Waals surface area contributed by atoms with E-state index in [1.54, 1.807) is 0 Å². The minimum atomic E-state index is -0.636. The van der Waals surface area contributed by atoms with E-state index >= 15 is 0 Å². The Morgan fingerprint density at radius 1 is 1.30 bits per heavy atom. The highest BCUT2D eigenvalue weighted by Gasteiger charge is 2.30. The molecule has 1 heterocycles. The second-order valence-electron chi connectivity index (χ2n) is 6.74. The van der Waals surface area contributed by atoms with Gasteiger partial charge in [-0.1, -0.05) is 19.3 Å². The van der Waals surface area contributed by atoms with Crippen LogP contribution in [0.15, 0.2) is 4.99 Å². The number of nitrogens with zero attached hydrogens (tertiary/aromatic N) is 2. The molecule has 2 N–H and O–H groups in total. The molecule has 0 aromatic carbocycles. The number of hydrogen-bond donors (Lipinski definition) is 2. The molecule has 1 saturated heterocycles. The fraction of sp³-hybridized carbons (Fsp3) is 0.882. The lowest BCUT2D eigenvalue weighted by Crippen LogP contribution is -2.47. The third-order valence-electron chi connectivity index (χ3n) is 4.97. The number of guanidine groups is 1. The summed E-state index contributed by atoms with van der Waals surface area (Å²) < 4.78 is 4.84. The highest BCUT2D eigenvalue weighted by atomic mass is 16.5. The number of aliphatic imine (C=N–C) groups is 1. The van der Waals surface area contributed by atoms with E-state index in [4.69, 9.17) is 4.74 Å². The average Bonchev–Trinajstić information content (AvgIpc) is 2.59. The standard InChI is InChI=1S/C17H31N3O3/c1-3-18-16(19-13-17(22)9-5-4-6-10-17)20-11-7-14(8-12-20)15(21)23-2/h14,22H,3-13H2,1-2H3,(H,18,19). The molecule has 0 bridgehead atoms. The first-order valence-electron chi connectivity index (χ1n) is 8.91. The molecule has 2 aliphatic rings. The molecule has 6 heteroatoms. The van der Waals surface area contributed by atoms with Crippen LogP contribution in [0, 0.1) is 5.92 Å². The average molecular weight is 325 g/mol. The highest BCUT2D eigenvalue weighted by molar-refractivity contribution is 5.80. The van der Waals surface area contributed by atoms with Crippen molar-refractivity contribution in [2.45, 2.75) is 57.5 Å². The van der Waals surface area contributed by atoms with Gasteiger partial charge in [0.25, 0.3) is 0 Å².